The fourth-order valence-electron chi connectivity index (χ4n) is 2.25. The molecule has 1 N–H and O–H groups in total. The molecule has 4 heteroatoms. The number of nitrogens with one attached hydrogen (secondary N) is 1. The van der Waals surface area contributed by atoms with Crippen molar-refractivity contribution >= 4 is 6.01 Å². The maximum atomic E-state index is 4.96. The molecule has 1 aromatic rings. The molecule has 15 heavy (non-hydrogen) atoms. The third-order valence-corrected chi connectivity index (χ3v) is 3.07. The van der Waals surface area contributed by atoms with Crippen LogP contribution in [0, 0.1) is 12.8 Å². The van der Waals surface area contributed by atoms with Crippen LogP contribution < -0.4 is 5.32 Å². The average Bonchev–Trinajstić information content (AvgIpc) is 2.84. The first-order chi connectivity index (χ1) is 7.34. The fourth-order valence-corrected chi connectivity index (χ4v) is 2.25. The summed E-state index contributed by atoms with van der Waals surface area (Å²) in [6, 6.07) is 0.555. The van der Waals surface area contributed by atoms with Gasteiger partial charge in [-0.3, -0.25) is 0 Å². The lowest BCUT2D eigenvalue weighted by molar-refractivity contribution is 0.423. The zero-order valence-electron chi connectivity index (χ0n) is 9.33. The number of hydrogen-bond donors (Lipinski definition) is 1. The normalized spacial score (nSPS) is 17.1. The van der Waals surface area contributed by atoms with E-state index in [1.54, 1.807) is 0 Å². The van der Waals surface area contributed by atoms with Crippen LogP contribution in [0.1, 0.15) is 44.3 Å². The fraction of sp³-hybridized carbons (Fsp3) is 0.818. The lowest BCUT2D eigenvalue weighted by atomic mass is 10.0. The van der Waals surface area contributed by atoms with Crippen LogP contribution in [0.15, 0.2) is 4.52 Å². The van der Waals surface area contributed by atoms with E-state index in [0.29, 0.717) is 11.8 Å². The van der Waals surface area contributed by atoms with Crippen LogP contribution in [-0.2, 0) is 0 Å². The van der Waals surface area contributed by atoms with Crippen LogP contribution in [0.3, 0.4) is 0 Å². The van der Waals surface area contributed by atoms with Gasteiger partial charge in [-0.1, -0.05) is 30.8 Å². The molecule has 0 bridgehead atoms. The molecule has 4 nitrogen and oxygen atoms in total. The largest absolute Gasteiger partial charge is 0.338 e. The van der Waals surface area contributed by atoms with E-state index in [-0.39, 0.29) is 0 Å². The predicted molar refractivity (Wildman–Crippen MR) is 58.7 cm³/mol. The Morgan fingerprint density at radius 1 is 1.40 bits per heavy atom. The molecule has 1 aromatic heterocycles. The number of rotatable bonds is 5. The van der Waals surface area contributed by atoms with E-state index in [1.165, 1.54) is 38.5 Å². The van der Waals surface area contributed by atoms with Crippen molar-refractivity contribution in [2.45, 2.75) is 45.4 Å². The second-order valence-electron chi connectivity index (χ2n) is 4.37. The van der Waals surface area contributed by atoms with Gasteiger partial charge in [-0.2, -0.15) is 4.98 Å². The number of aromatic nitrogens is 2. The summed E-state index contributed by atoms with van der Waals surface area (Å²) < 4.78 is 4.96. The van der Waals surface area contributed by atoms with Crippen LogP contribution in [0.25, 0.3) is 0 Å². The van der Waals surface area contributed by atoms with Crippen LogP contribution in [0.5, 0.6) is 0 Å². The van der Waals surface area contributed by atoms with Crippen molar-refractivity contribution in [3.05, 3.63) is 5.82 Å². The third kappa shape index (κ3) is 3.22. The van der Waals surface area contributed by atoms with Gasteiger partial charge in [0.05, 0.1) is 0 Å². The summed E-state index contributed by atoms with van der Waals surface area (Å²) in [6.07, 6.45) is 8.26. The van der Waals surface area contributed by atoms with E-state index in [0.717, 1.165) is 12.5 Å². The van der Waals surface area contributed by atoms with Crippen molar-refractivity contribution in [3.63, 3.8) is 0 Å². The van der Waals surface area contributed by atoms with E-state index in [1.807, 2.05) is 6.92 Å². The quantitative estimate of drug-likeness (QED) is 0.757. The molecule has 1 aliphatic rings. The van der Waals surface area contributed by atoms with Crippen LogP contribution >= 0.6 is 0 Å². The van der Waals surface area contributed by atoms with Gasteiger partial charge in [0.15, 0.2) is 5.82 Å². The van der Waals surface area contributed by atoms with Crippen LogP contribution in [0.2, 0.25) is 0 Å². The Balaban J connectivity index is 1.58. The first-order valence-corrected chi connectivity index (χ1v) is 5.89. The summed E-state index contributed by atoms with van der Waals surface area (Å²) in [5, 5.41) is 6.87. The SMILES string of the molecule is Cc1noc(NCCCC2CCCC2)n1. The maximum absolute atomic E-state index is 4.96. The lowest BCUT2D eigenvalue weighted by Gasteiger charge is -2.07. The number of hydrogen-bond acceptors (Lipinski definition) is 4. The van der Waals surface area contributed by atoms with Gasteiger partial charge >= 0.3 is 6.01 Å². The first-order valence-electron chi connectivity index (χ1n) is 5.89. The zero-order valence-corrected chi connectivity index (χ0v) is 9.33. The van der Waals surface area contributed by atoms with E-state index < -0.39 is 0 Å². The maximum Gasteiger partial charge on any atom is 0.321 e. The smallest absolute Gasteiger partial charge is 0.321 e. The van der Waals surface area contributed by atoms with Crippen molar-refractivity contribution in [1.82, 2.24) is 10.1 Å². The average molecular weight is 209 g/mol. The lowest BCUT2D eigenvalue weighted by Crippen LogP contribution is -2.04. The summed E-state index contributed by atoms with van der Waals surface area (Å²) in [7, 11) is 0. The molecule has 1 saturated carbocycles. The molecule has 1 aliphatic carbocycles. The Bertz CT molecular complexity index is 292. The van der Waals surface area contributed by atoms with E-state index in [2.05, 4.69) is 15.5 Å². The number of anilines is 1. The summed E-state index contributed by atoms with van der Waals surface area (Å²) in [6.45, 7) is 2.77. The molecular weight excluding hydrogens is 190 g/mol. The highest BCUT2D eigenvalue weighted by molar-refractivity contribution is 5.17. The summed E-state index contributed by atoms with van der Waals surface area (Å²) in [4.78, 5) is 4.09. The van der Waals surface area contributed by atoms with Crippen molar-refractivity contribution < 1.29 is 4.52 Å². The molecule has 0 radical (unpaired) electrons. The minimum Gasteiger partial charge on any atom is -0.338 e. The molecule has 0 amide bonds. The number of nitrogens with zero attached hydrogens (tertiary/aromatic N) is 2. The monoisotopic (exact) mass is 209 g/mol. The zero-order chi connectivity index (χ0) is 10.5. The predicted octanol–water partition coefficient (Wildman–Crippen LogP) is 2.76. The molecule has 0 atom stereocenters. The van der Waals surface area contributed by atoms with Gasteiger partial charge < -0.3 is 9.84 Å². The molecule has 0 aliphatic heterocycles. The molecular formula is C11H19N3O. The van der Waals surface area contributed by atoms with Gasteiger partial charge in [0.1, 0.15) is 0 Å². The summed E-state index contributed by atoms with van der Waals surface area (Å²) >= 11 is 0. The molecule has 2 rings (SSSR count). The molecule has 0 aromatic carbocycles. The minimum atomic E-state index is 0.555. The van der Waals surface area contributed by atoms with Crippen molar-refractivity contribution in [1.29, 1.82) is 0 Å². The highest BCUT2D eigenvalue weighted by Gasteiger charge is 2.14. The van der Waals surface area contributed by atoms with Gasteiger partial charge in [0.2, 0.25) is 0 Å². The Morgan fingerprint density at radius 2 is 2.20 bits per heavy atom. The Morgan fingerprint density at radius 3 is 2.87 bits per heavy atom. The second kappa shape index (κ2) is 5.14. The van der Waals surface area contributed by atoms with E-state index in [4.69, 9.17) is 4.52 Å². The van der Waals surface area contributed by atoms with Crippen molar-refractivity contribution in [3.8, 4) is 0 Å². The molecule has 84 valence electrons. The van der Waals surface area contributed by atoms with Gasteiger partial charge in [0, 0.05) is 6.54 Å². The van der Waals surface area contributed by atoms with E-state index in [9.17, 15) is 0 Å². The van der Waals surface area contributed by atoms with Gasteiger partial charge in [-0.25, -0.2) is 0 Å². The Labute approximate surface area is 90.4 Å². The molecule has 0 unspecified atom stereocenters. The molecule has 0 saturated heterocycles. The molecule has 1 heterocycles. The third-order valence-electron chi connectivity index (χ3n) is 3.07. The van der Waals surface area contributed by atoms with E-state index >= 15 is 0 Å². The Kier molecular flexibility index (Phi) is 3.59. The van der Waals surface area contributed by atoms with Gasteiger partial charge in [-0.05, 0) is 25.7 Å². The number of aryl methyl sites for hydroxylation is 1. The standard InChI is InChI=1S/C11H19N3O/c1-9-13-11(15-14-9)12-8-4-7-10-5-2-3-6-10/h10H,2-8H2,1H3,(H,12,13,14). The van der Waals surface area contributed by atoms with Crippen LogP contribution in [0.4, 0.5) is 6.01 Å². The van der Waals surface area contributed by atoms with Crippen molar-refractivity contribution in [2.75, 3.05) is 11.9 Å². The Hall–Kier alpha value is -1.06. The summed E-state index contributed by atoms with van der Waals surface area (Å²) in [5.74, 6) is 1.66. The second-order valence-corrected chi connectivity index (χ2v) is 4.37. The molecule has 0 spiro atoms. The highest BCUT2D eigenvalue weighted by atomic mass is 16.5. The van der Waals surface area contributed by atoms with Crippen molar-refractivity contribution in [2.24, 2.45) is 5.92 Å². The topological polar surface area (TPSA) is 51.0 Å². The highest BCUT2D eigenvalue weighted by Crippen LogP contribution is 2.28. The molecule has 1 fully saturated rings. The van der Waals surface area contributed by atoms with Crippen LogP contribution in [-0.4, -0.2) is 16.7 Å². The van der Waals surface area contributed by atoms with Gasteiger partial charge in [-0.15, -0.1) is 0 Å². The van der Waals surface area contributed by atoms with Gasteiger partial charge in [0.25, 0.3) is 0 Å². The summed E-state index contributed by atoms with van der Waals surface area (Å²) in [5.41, 5.74) is 0. The first kappa shape index (κ1) is 10.5. The minimum absolute atomic E-state index is 0.555.